The second-order valence-electron chi connectivity index (χ2n) is 6.42. The largest absolute Gasteiger partial charge is 0.419 e. The number of carbonyl (C=O) groups is 2. The first-order valence-electron chi connectivity index (χ1n) is 7.98. The first-order chi connectivity index (χ1) is 12.9. The van der Waals surface area contributed by atoms with Gasteiger partial charge in [0, 0.05) is 19.4 Å². The van der Waals surface area contributed by atoms with E-state index < -0.39 is 29.5 Å². The third-order valence-corrected chi connectivity index (χ3v) is 3.95. The number of alkyl halides is 3. The van der Waals surface area contributed by atoms with Gasteiger partial charge in [-0.15, -0.1) is 0 Å². The summed E-state index contributed by atoms with van der Waals surface area (Å²) >= 11 is 5.70. The number of halogens is 4. The Hall–Kier alpha value is -2.87. The Bertz CT molecular complexity index is 960. The lowest BCUT2D eigenvalue weighted by Crippen LogP contribution is -2.41. The number of ether oxygens (including phenoxy) is 2. The van der Waals surface area contributed by atoms with Crippen LogP contribution in [-0.2, 0) is 25.2 Å². The lowest BCUT2D eigenvalue weighted by atomic mass is 10.0. The molecule has 0 N–H and O–H groups in total. The monoisotopic (exact) mass is 411 g/mol. The van der Waals surface area contributed by atoms with E-state index in [1.165, 1.54) is 44.2 Å². The highest BCUT2D eigenvalue weighted by Gasteiger charge is 2.38. The van der Waals surface area contributed by atoms with Gasteiger partial charge in [-0.05, 0) is 23.8 Å². The lowest BCUT2D eigenvalue weighted by Gasteiger charge is -2.29. The van der Waals surface area contributed by atoms with Gasteiger partial charge in [0.05, 0.1) is 11.3 Å². The van der Waals surface area contributed by atoms with Crippen molar-refractivity contribution < 1.29 is 32.2 Å². The highest BCUT2D eigenvalue weighted by Crippen LogP contribution is 2.33. The van der Waals surface area contributed by atoms with E-state index in [1.54, 1.807) is 0 Å². The molecule has 0 saturated carbocycles. The fourth-order valence-electron chi connectivity index (χ4n) is 2.50. The SMILES string of the molecule is CC1(C)OC(=O)C(=Cc2ccc(-c3cc(C(F)(F)F)cc(Cl)n3)cc2)C(=O)O1. The van der Waals surface area contributed by atoms with Crippen molar-refractivity contribution in [3.05, 3.63) is 58.3 Å². The van der Waals surface area contributed by atoms with Gasteiger partial charge in [0.1, 0.15) is 10.7 Å². The minimum atomic E-state index is -4.55. The number of rotatable bonds is 2. The van der Waals surface area contributed by atoms with Gasteiger partial charge >= 0.3 is 18.1 Å². The molecule has 0 bridgehead atoms. The van der Waals surface area contributed by atoms with Crippen molar-refractivity contribution in [2.45, 2.75) is 25.8 Å². The summed E-state index contributed by atoms with van der Waals surface area (Å²) in [4.78, 5) is 27.8. The van der Waals surface area contributed by atoms with Crippen molar-refractivity contribution in [1.82, 2.24) is 4.98 Å². The van der Waals surface area contributed by atoms with Crippen molar-refractivity contribution in [1.29, 1.82) is 0 Å². The molecule has 28 heavy (non-hydrogen) atoms. The molecule has 1 aromatic carbocycles. The number of esters is 2. The molecule has 9 heteroatoms. The average molecular weight is 412 g/mol. The first kappa shape index (κ1) is 19.9. The Balaban J connectivity index is 1.90. The molecule has 1 fully saturated rings. The zero-order valence-corrected chi connectivity index (χ0v) is 15.4. The standard InChI is InChI=1S/C19H13ClF3NO4/c1-18(2)27-16(25)13(17(26)28-18)7-10-3-5-11(6-4-10)14-8-12(19(21,22)23)9-15(20)24-14/h3-9H,1-2H3. The van der Waals surface area contributed by atoms with Crippen LogP contribution in [0.15, 0.2) is 42.0 Å². The summed E-state index contributed by atoms with van der Waals surface area (Å²) < 4.78 is 48.8. The molecule has 1 aromatic heterocycles. The quantitative estimate of drug-likeness (QED) is 0.312. The van der Waals surface area contributed by atoms with E-state index in [1.807, 2.05) is 0 Å². The molecule has 1 saturated heterocycles. The summed E-state index contributed by atoms with van der Waals surface area (Å²) in [6, 6.07) is 7.64. The molecule has 2 heterocycles. The summed E-state index contributed by atoms with van der Waals surface area (Å²) in [6.45, 7) is 2.86. The number of hydrogen-bond acceptors (Lipinski definition) is 5. The minimum Gasteiger partial charge on any atom is -0.419 e. The fraction of sp³-hybridized carbons (Fsp3) is 0.211. The van der Waals surface area contributed by atoms with Crippen LogP contribution >= 0.6 is 11.6 Å². The van der Waals surface area contributed by atoms with Gasteiger partial charge < -0.3 is 9.47 Å². The molecule has 1 aliphatic heterocycles. The zero-order valence-electron chi connectivity index (χ0n) is 14.6. The maximum atomic E-state index is 12.9. The molecular weight excluding hydrogens is 399 g/mol. The van der Waals surface area contributed by atoms with Crippen molar-refractivity contribution in [3.63, 3.8) is 0 Å². The van der Waals surface area contributed by atoms with E-state index in [2.05, 4.69) is 4.98 Å². The topological polar surface area (TPSA) is 65.5 Å². The predicted octanol–water partition coefficient (Wildman–Crippen LogP) is 4.64. The van der Waals surface area contributed by atoms with Gasteiger partial charge in [-0.25, -0.2) is 14.6 Å². The summed E-state index contributed by atoms with van der Waals surface area (Å²) in [6.07, 6.45) is -3.28. The van der Waals surface area contributed by atoms with Crippen molar-refractivity contribution >= 4 is 29.6 Å². The highest BCUT2D eigenvalue weighted by molar-refractivity contribution is 6.29. The maximum absolute atomic E-state index is 12.9. The normalized spacial score (nSPS) is 16.4. The van der Waals surface area contributed by atoms with Gasteiger partial charge in [0.2, 0.25) is 0 Å². The number of aromatic nitrogens is 1. The molecule has 0 aliphatic carbocycles. The molecule has 5 nitrogen and oxygen atoms in total. The van der Waals surface area contributed by atoms with Crippen LogP contribution < -0.4 is 0 Å². The van der Waals surface area contributed by atoms with Gasteiger partial charge in [0.25, 0.3) is 5.79 Å². The maximum Gasteiger partial charge on any atom is 0.416 e. The van der Waals surface area contributed by atoms with Crippen LogP contribution in [0.25, 0.3) is 17.3 Å². The fourth-order valence-corrected chi connectivity index (χ4v) is 2.71. The van der Waals surface area contributed by atoms with Crippen LogP contribution in [-0.4, -0.2) is 22.7 Å². The Morgan fingerprint density at radius 1 is 1.04 bits per heavy atom. The Morgan fingerprint density at radius 3 is 2.14 bits per heavy atom. The van der Waals surface area contributed by atoms with Gasteiger partial charge in [-0.3, -0.25) is 0 Å². The molecule has 0 amide bonds. The average Bonchev–Trinajstić information content (AvgIpc) is 2.56. The van der Waals surface area contributed by atoms with Crippen molar-refractivity contribution in [3.8, 4) is 11.3 Å². The van der Waals surface area contributed by atoms with E-state index in [9.17, 15) is 22.8 Å². The summed E-state index contributed by atoms with van der Waals surface area (Å²) in [5.74, 6) is -2.99. The van der Waals surface area contributed by atoms with E-state index >= 15 is 0 Å². The van der Waals surface area contributed by atoms with Crippen molar-refractivity contribution in [2.75, 3.05) is 0 Å². The molecule has 1 aliphatic rings. The van der Waals surface area contributed by atoms with Crippen LogP contribution in [0.3, 0.4) is 0 Å². The molecule has 2 aromatic rings. The Kier molecular flexibility index (Phi) is 4.93. The van der Waals surface area contributed by atoms with E-state index in [-0.39, 0.29) is 16.4 Å². The molecule has 0 unspecified atom stereocenters. The number of cyclic esters (lactones) is 2. The van der Waals surface area contributed by atoms with Crippen LogP contribution in [0, 0.1) is 0 Å². The number of benzene rings is 1. The second kappa shape index (κ2) is 6.94. The first-order valence-corrected chi connectivity index (χ1v) is 8.36. The predicted molar refractivity (Wildman–Crippen MR) is 93.9 cm³/mol. The summed E-state index contributed by atoms with van der Waals surface area (Å²) in [5, 5.41) is -0.286. The van der Waals surface area contributed by atoms with Crippen LogP contribution in [0.1, 0.15) is 25.0 Å². The Morgan fingerprint density at radius 2 is 1.61 bits per heavy atom. The van der Waals surface area contributed by atoms with Gasteiger partial charge in [0.15, 0.2) is 0 Å². The highest BCUT2D eigenvalue weighted by atomic mass is 35.5. The minimum absolute atomic E-state index is 0.0391. The number of nitrogens with zero attached hydrogens (tertiary/aromatic N) is 1. The van der Waals surface area contributed by atoms with E-state index in [4.69, 9.17) is 21.1 Å². The van der Waals surface area contributed by atoms with Gasteiger partial charge in [-0.1, -0.05) is 35.9 Å². The molecule has 0 spiro atoms. The van der Waals surface area contributed by atoms with E-state index in [0.29, 0.717) is 11.1 Å². The second-order valence-corrected chi connectivity index (χ2v) is 6.81. The molecular formula is C19H13ClF3NO4. The molecule has 146 valence electrons. The molecule has 0 atom stereocenters. The summed E-state index contributed by atoms with van der Waals surface area (Å²) in [5.41, 5.74) is -0.330. The van der Waals surface area contributed by atoms with Crippen LogP contribution in [0.5, 0.6) is 0 Å². The third-order valence-electron chi connectivity index (χ3n) is 3.76. The number of carbonyl (C=O) groups excluding carboxylic acids is 2. The molecule has 0 radical (unpaired) electrons. The van der Waals surface area contributed by atoms with Gasteiger partial charge in [-0.2, -0.15) is 13.2 Å². The number of pyridine rings is 1. The molecule has 3 rings (SSSR count). The smallest absolute Gasteiger partial charge is 0.416 e. The number of hydrogen-bond donors (Lipinski definition) is 0. The van der Waals surface area contributed by atoms with E-state index in [0.717, 1.165) is 12.1 Å². The van der Waals surface area contributed by atoms with Crippen LogP contribution in [0.2, 0.25) is 5.15 Å². The lowest BCUT2D eigenvalue weighted by molar-refractivity contribution is -0.222. The Labute approximate surface area is 162 Å². The summed E-state index contributed by atoms with van der Waals surface area (Å²) in [7, 11) is 0. The van der Waals surface area contributed by atoms with Crippen molar-refractivity contribution in [2.24, 2.45) is 0 Å². The van der Waals surface area contributed by atoms with Crippen LogP contribution in [0.4, 0.5) is 13.2 Å². The third kappa shape index (κ3) is 4.33. The zero-order chi connectivity index (χ0) is 20.7.